The number of amides is 1. The van der Waals surface area contributed by atoms with Gasteiger partial charge in [0.25, 0.3) is 5.91 Å². The maximum Gasteiger partial charge on any atom is 0.257 e. The number of aromatic nitrogens is 1. The lowest BCUT2D eigenvalue weighted by Gasteiger charge is -2.08. The second-order valence-electron chi connectivity index (χ2n) is 5.49. The molecule has 1 N–H and O–H groups in total. The number of carbonyl (C=O) groups excluding carboxylic acids is 1. The van der Waals surface area contributed by atoms with Gasteiger partial charge in [-0.05, 0) is 29.8 Å². The van der Waals surface area contributed by atoms with Crippen molar-refractivity contribution in [2.75, 3.05) is 19.5 Å². The van der Waals surface area contributed by atoms with Crippen LogP contribution in [0.4, 0.5) is 9.52 Å². The number of ether oxygens (including phenoxy) is 2. The number of nitrogens with zero attached hydrogens (tertiary/aromatic N) is 1. The first-order chi connectivity index (χ1) is 12.6. The molecule has 0 fully saturated rings. The van der Waals surface area contributed by atoms with E-state index in [2.05, 4.69) is 10.3 Å². The Hall–Kier alpha value is -2.93. The van der Waals surface area contributed by atoms with Crippen LogP contribution in [0.25, 0.3) is 0 Å². The number of rotatable bonds is 6. The maximum atomic E-state index is 13.3. The molecule has 0 saturated carbocycles. The topological polar surface area (TPSA) is 60.5 Å². The SMILES string of the molecule is COc1cc(OC)cc(C(=O)Nc2ncc(Cc3cccc(F)c3)s2)c1. The van der Waals surface area contributed by atoms with Crippen molar-refractivity contribution in [2.45, 2.75) is 6.42 Å². The van der Waals surface area contributed by atoms with Gasteiger partial charge in [-0.3, -0.25) is 10.1 Å². The van der Waals surface area contributed by atoms with Crippen LogP contribution in [-0.4, -0.2) is 25.1 Å². The summed E-state index contributed by atoms with van der Waals surface area (Å²) in [5.74, 6) is 0.474. The minimum absolute atomic E-state index is 0.271. The molecule has 0 radical (unpaired) electrons. The molecule has 0 aliphatic rings. The highest BCUT2D eigenvalue weighted by atomic mass is 32.1. The van der Waals surface area contributed by atoms with Crippen molar-refractivity contribution in [2.24, 2.45) is 0 Å². The van der Waals surface area contributed by atoms with Crippen LogP contribution in [0.1, 0.15) is 20.8 Å². The number of methoxy groups -OCH3 is 2. The van der Waals surface area contributed by atoms with Crippen LogP contribution in [-0.2, 0) is 6.42 Å². The van der Waals surface area contributed by atoms with Gasteiger partial charge in [0.1, 0.15) is 17.3 Å². The lowest BCUT2D eigenvalue weighted by molar-refractivity contribution is 0.102. The summed E-state index contributed by atoms with van der Waals surface area (Å²) < 4.78 is 23.6. The number of benzene rings is 2. The quantitative estimate of drug-likeness (QED) is 0.706. The Balaban J connectivity index is 1.71. The van der Waals surface area contributed by atoms with Crippen LogP contribution in [0, 0.1) is 5.82 Å². The van der Waals surface area contributed by atoms with Gasteiger partial charge >= 0.3 is 0 Å². The van der Waals surface area contributed by atoms with Crippen molar-refractivity contribution in [1.29, 1.82) is 0 Å². The van der Waals surface area contributed by atoms with Gasteiger partial charge in [0.2, 0.25) is 0 Å². The molecular weight excluding hydrogens is 355 g/mol. The van der Waals surface area contributed by atoms with Gasteiger partial charge in [0.15, 0.2) is 5.13 Å². The molecule has 0 bridgehead atoms. The summed E-state index contributed by atoms with van der Waals surface area (Å²) in [4.78, 5) is 17.6. The molecule has 1 aromatic heterocycles. The van der Waals surface area contributed by atoms with E-state index in [1.165, 1.54) is 37.7 Å². The number of hydrogen-bond acceptors (Lipinski definition) is 5. The number of thiazole rings is 1. The molecule has 0 saturated heterocycles. The predicted molar refractivity (Wildman–Crippen MR) is 98.8 cm³/mol. The third-order valence-corrected chi connectivity index (χ3v) is 4.57. The lowest BCUT2D eigenvalue weighted by atomic mass is 10.1. The van der Waals surface area contributed by atoms with Crippen molar-refractivity contribution >= 4 is 22.4 Å². The van der Waals surface area contributed by atoms with Crippen LogP contribution >= 0.6 is 11.3 Å². The number of nitrogens with one attached hydrogen (secondary N) is 1. The van der Waals surface area contributed by atoms with Crippen LogP contribution in [0.3, 0.4) is 0 Å². The summed E-state index contributed by atoms with van der Waals surface area (Å²) in [6.07, 6.45) is 2.23. The summed E-state index contributed by atoms with van der Waals surface area (Å²) in [6.45, 7) is 0. The first kappa shape index (κ1) is 17.9. The highest BCUT2D eigenvalue weighted by Crippen LogP contribution is 2.25. The fraction of sp³-hybridized carbons (Fsp3) is 0.158. The fourth-order valence-corrected chi connectivity index (χ4v) is 3.24. The van der Waals surface area contributed by atoms with E-state index in [0.29, 0.717) is 28.6 Å². The van der Waals surface area contributed by atoms with Crippen molar-refractivity contribution < 1.29 is 18.7 Å². The highest BCUT2D eigenvalue weighted by Gasteiger charge is 2.12. The van der Waals surface area contributed by atoms with E-state index in [1.54, 1.807) is 30.5 Å². The van der Waals surface area contributed by atoms with E-state index < -0.39 is 0 Å². The molecule has 0 atom stereocenters. The van der Waals surface area contributed by atoms with Crippen molar-refractivity contribution in [3.8, 4) is 11.5 Å². The Morgan fingerprint density at radius 1 is 1.15 bits per heavy atom. The molecule has 0 aliphatic heterocycles. The Morgan fingerprint density at radius 2 is 1.88 bits per heavy atom. The van der Waals surface area contributed by atoms with E-state index in [9.17, 15) is 9.18 Å². The number of anilines is 1. The Bertz CT molecular complexity index is 904. The molecule has 7 heteroatoms. The summed E-state index contributed by atoms with van der Waals surface area (Å²) in [5.41, 5.74) is 1.26. The third-order valence-electron chi connectivity index (χ3n) is 3.66. The zero-order valence-corrected chi connectivity index (χ0v) is 15.1. The van der Waals surface area contributed by atoms with Crippen molar-refractivity contribution in [3.63, 3.8) is 0 Å². The first-order valence-electron chi connectivity index (χ1n) is 7.81. The third kappa shape index (κ3) is 4.37. The van der Waals surface area contributed by atoms with Crippen LogP contribution in [0.2, 0.25) is 0 Å². The van der Waals surface area contributed by atoms with Crippen molar-refractivity contribution in [3.05, 3.63) is 70.5 Å². The second kappa shape index (κ2) is 7.97. The smallest absolute Gasteiger partial charge is 0.257 e. The molecule has 1 heterocycles. The number of hydrogen-bond donors (Lipinski definition) is 1. The van der Waals surface area contributed by atoms with Gasteiger partial charge in [-0.25, -0.2) is 9.37 Å². The van der Waals surface area contributed by atoms with E-state index >= 15 is 0 Å². The molecular formula is C19H17FN2O3S. The average Bonchev–Trinajstić information content (AvgIpc) is 3.07. The van der Waals surface area contributed by atoms with Gasteiger partial charge in [-0.1, -0.05) is 12.1 Å². The zero-order chi connectivity index (χ0) is 18.5. The van der Waals surface area contributed by atoms with Gasteiger partial charge < -0.3 is 9.47 Å². The minimum atomic E-state index is -0.311. The Labute approximate surface area is 154 Å². The molecule has 0 spiro atoms. The summed E-state index contributed by atoms with van der Waals surface area (Å²) >= 11 is 1.35. The molecule has 3 aromatic rings. The average molecular weight is 372 g/mol. The summed E-state index contributed by atoms with van der Waals surface area (Å²) in [6, 6.07) is 11.4. The van der Waals surface area contributed by atoms with Gasteiger partial charge in [0.05, 0.1) is 14.2 Å². The molecule has 1 amide bonds. The van der Waals surface area contributed by atoms with Crippen molar-refractivity contribution in [1.82, 2.24) is 4.98 Å². The van der Waals surface area contributed by atoms with Gasteiger partial charge in [0, 0.05) is 29.1 Å². The first-order valence-corrected chi connectivity index (χ1v) is 8.62. The fourth-order valence-electron chi connectivity index (χ4n) is 2.40. The lowest BCUT2D eigenvalue weighted by Crippen LogP contribution is -2.11. The normalized spacial score (nSPS) is 10.4. The summed E-state index contributed by atoms with van der Waals surface area (Å²) in [5, 5.41) is 3.24. The molecule has 0 aliphatic carbocycles. The molecule has 2 aromatic carbocycles. The number of carbonyl (C=O) groups is 1. The standard InChI is InChI=1S/C19H17FN2O3S/c1-24-15-8-13(9-16(10-15)25-2)18(23)22-19-21-11-17(26-19)7-12-4-3-5-14(20)6-12/h3-6,8-11H,7H2,1-2H3,(H,21,22,23). The van der Waals surface area contributed by atoms with Gasteiger partial charge in [-0.15, -0.1) is 11.3 Å². The second-order valence-corrected chi connectivity index (χ2v) is 6.61. The van der Waals surface area contributed by atoms with Crippen LogP contribution in [0.5, 0.6) is 11.5 Å². The largest absolute Gasteiger partial charge is 0.497 e. The van der Waals surface area contributed by atoms with Gasteiger partial charge in [-0.2, -0.15) is 0 Å². The zero-order valence-electron chi connectivity index (χ0n) is 14.3. The molecule has 0 unspecified atom stereocenters. The maximum absolute atomic E-state index is 13.3. The van der Waals surface area contributed by atoms with E-state index in [1.807, 2.05) is 6.07 Å². The van der Waals surface area contributed by atoms with E-state index in [-0.39, 0.29) is 11.7 Å². The number of halogens is 1. The van der Waals surface area contributed by atoms with E-state index in [4.69, 9.17) is 9.47 Å². The molecule has 134 valence electrons. The van der Waals surface area contributed by atoms with Crippen LogP contribution < -0.4 is 14.8 Å². The Morgan fingerprint density at radius 3 is 2.54 bits per heavy atom. The van der Waals surface area contributed by atoms with Crippen LogP contribution in [0.15, 0.2) is 48.7 Å². The monoisotopic (exact) mass is 372 g/mol. The molecule has 3 rings (SSSR count). The molecule has 26 heavy (non-hydrogen) atoms. The predicted octanol–water partition coefficient (Wildman–Crippen LogP) is 4.14. The molecule has 5 nitrogen and oxygen atoms in total. The highest BCUT2D eigenvalue weighted by molar-refractivity contribution is 7.15. The Kier molecular flexibility index (Phi) is 5.48. The summed E-state index contributed by atoms with van der Waals surface area (Å²) in [7, 11) is 3.05. The minimum Gasteiger partial charge on any atom is -0.497 e. The van der Waals surface area contributed by atoms with E-state index in [0.717, 1.165) is 10.4 Å².